The van der Waals surface area contributed by atoms with Crippen molar-refractivity contribution >= 4 is 34.2 Å². The van der Waals surface area contributed by atoms with Gasteiger partial charge in [-0.3, -0.25) is 0 Å². The minimum atomic E-state index is 0.655. The van der Waals surface area contributed by atoms with Crippen molar-refractivity contribution in [3.8, 4) is 0 Å². The van der Waals surface area contributed by atoms with E-state index in [0.717, 1.165) is 16.6 Å². The lowest BCUT2D eigenvalue weighted by Gasteiger charge is -2.05. The number of rotatable bonds is 2. The van der Waals surface area contributed by atoms with E-state index in [1.165, 1.54) is 0 Å². The van der Waals surface area contributed by atoms with Crippen molar-refractivity contribution in [3.05, 3.63) is 64.4 Å². The van der Waals surface area contributed by atoms with Gasteiger partial charge in [0.2, 0.25) is 0 Å². The quantitative estimate of drug-likeness (QED) is 0.679. The van der Waals surface area contributed by atoms with Crippen LogP contribution in [0.1, 0.15) is 5.56 Å². The SMILES string of the molecule is Clc1cc(Cl)cc(Cn2cnc3ccccc32)c1. The number of nitrogens with zero attached hydrogens (tertiary/aromatic N) is 2. The molecule has 0 unspecified atom stereocenters. The van der Waals surface area contributed by atoms with Crippen LogP contribution in [0.5, 0.6) is 0 Å². The molecule has 1 heterocycles. The van der Waals surface area contributed by atoms with Gasteiger partial charge >= 0.3 is 0 Å². The minimum Gasteiger partial charge on any atom is -0.326 e. The van der Waals surface area contributed by atoms with Gasteiger partial charge in [0.1, 0.15) is 0 Å². The molecule has 0 amide bonds. The first-order chi connectivity index (χ1) is 8.72. The van der Waals surface area contributed by atoms with Crippen molar-refractivity contribution in [1.29, 1.82) is 0 Å². The maximum absolute atomic E-state index is 6.00. The zero-order chi connectivity index (χ0) is 12.5. The normalized spacial score (nSPS) is 11.0. The molecule has 1 aromatic heterocycles. The fraction of sp³-hybridized carbons (Fsp3) is 0.0714. The number of halogens is 2. The Bertz CT molecular complexity index is 684. The zero-order valence-corrected chi connectivity index (χ0v) is 11.0. The third kappa shape index (κ3) is 2.22. The average Bonchev–Trinajstić information content (AvgIpc) is 2.72. The molecule has 0 bridgehead atoms. The van der Waals surface area contributed by atoms with Crippen LogP contribution in [0.15, 0.2) is 48.8 Å². The van der Waals surface area contributed by atoms with Gasteiger partial charge in [-0.2, -0.15) is 0 Å². The van der Waals surface area contributed by atoms with Crippen LogP contribution in [0.2, 0.25) is 10.0 Å². The molecule has 2 nitrogen and oxygen atoms in total. The number of imidazole rings is 1. The molecule has 3 rings (SSSR count). The van der Waals surface area contributed by atoms with Gasteiger partial charge in [0, 0.05) is 16.6 Å². The van der Waals surface area contributed by atoms with E-state index in [-0.39, 0.29) is 0 Å². The fourth-order valence-electron chi connectivity index (χ4n) is 2.04. The molecule has 0 aliphatic carbocycles. The number of hydrogen-bond donors (Lipinski definition) is 0. The molecule has 0 aliphatic rings. The summed E-state index contributed by atoms with van der Waals surface area (Å²) in [6.07, 6.45) is 1.83. The molecule has 18 heavy (non-hydrogen) atoms. The molecule has 90 valence electrons. The first-order valence-corrected chi connectivity index (χ1v) is 6.33. The van der Waals surface area contributed by atoms with Crippen LogP contribution in [0, 0.1) is 0 Å². The Morgan fingerprint density at radius 2 is 1.72 bits per heavy atom. The first kappa shape index (κ1) is 11.6. The van der Waals surface area contributed by atoms with Crippen molar-refractivity contribution in [1.82, 2.24) is 9.55 Å². The lowest BCUT2D eigenvalue weighted by atomic mass is 10.2. The highest BCUT2D eigenvalue weighted by atomic mass is 35.5. The molecule has 3 aromatic rings. The molecule has 0 saturated heterocycles. The summed E-state index contributed by atoms with van der Waals surface area (Å²) < 4.78 is 2.08. The standard InChI is InChI=1S/C14H10Cl2N2/c15-11-5-10(6-12(16)7-11)8-18-9-17-13-3-1-2-4-14(13)18/h1-7,9H,8H2. The summed E-state index contributed by atoms with van der Waals surface area (Å²) in [5.74, 6) is 0. The van der Waals surface area contributed by atoms with Crippen LogP contribution in [0.25, 0.3) is 11.0 Å². The van der Waals surface area contributed by atoms with Crippen LogP contribution in [-0.4, -0.2) is 9.55 Å². The van der Waals surface area contributed by atoms with Crippen LogP contribution in [-0.2, 0) is 6.54 Å². The molecule has 0 fully saturated rings. The van der Waals surface area contributed by atoms with Crippen molar-refractivity contribution in [2.45, 2.75) is 6.54 Å². The molecule has 2 aromatic carbocycles. The number of benzene rings is 2. The van der Waals surface area contributed by atoms with E-state index in [2.05, 4.69) is 15.6 Å². The van der Waals surface area contributed by atoms with Crippen molar-refractivity contribution in [2.24, 2.45) is 0 Å². The summed E-state index contributed by atoms with van der Waals surface area (Å²) in [4.78, 5) is 4.36. The Morgan fingerprint density at radius 3 is 2.50 bits per heavy atom. The van der Waals surface area contributed by atoms with Gasteiger partial charge in [0.05, 0.1) is 17.4 Å². The van der Waals surface area contributed by atoms with E-state index >= 15 is 0 Å². The summed E-state index contributed by atoms with van der Waals surface area (Å²) in [5.41, 5.74) is 3.16. The largest absolute Gasteiger partial charge is 0.326 e. The topological polar surface area (TPSA) is 17.8 Å². The van der Waals surface area contributed by atoms with E-state index in [0.29, 0.717) is 16.6 Å². The van der Waals surface area contributed by atoms with Crippen LogP contribution in [0.3, 0.4) is 0 Å². The van der Waals surface area contributed by atoms with E-state index in [4.69, 9.17) is 23.2 Å². The third-order valence-corrected chi connectivity index (χ3v) is 3.24. The lowest BCUT2D eigenvalue weighted by molar-refractivity contribution is 0.824. The summed E-state index contributed by atoms with van der Waals surface area (Å²) in [6, 6.07) is 13.6. The van der Waals surface area contributed by atoms with E-state index in [1.54, 1.807) is 6.07 Å². The second-order valence-corrected chi connectivity index (χ2v) is 5.01. The molecule has 0 aliphatic heterocycles. The van der Waals surface area contributed by atoms with Gasteiger partial charge < -0.3 is 4.57 Å². The van der Waals surface area contributed by atoms with Crippen LogP contribution < -0.4 is 0 Å². The Kier molecular flexibility index (Phi) is 2.98. The molecule has 0 N–H and O–H groups in total. The monoisotopic (exact) mass is 276 g/mol. The van der Waals surface area contributed by atoms with E-state index < -0.39 is 0 Å². The van der Waals surface area contributed by atoms with Crippen LogP contribution in [0.4, 0.5) is 0 Å². The second kappa shape index (κ2) is 4.63. The summed E-state index contributed by atoms with van der Waals surface area (Å²) in [6.45, 7) is 0.709. The van der Waals surface area contributed by atoms with Crippen molar-refractivity contribution in [3.63, 3.8) is 0 Å². The van der Waals surface area contributed by atoms with Gasteiger partial charge in [-0.05, 0) is 35.9 Å². The lowest BCUT2D eigenvalue weighted by Crippen LogP contribution is -1.97. The number of para-hydroxylation sites is 2. The number of aromatic nitrogens is 2. The predicted molar refractivity (Wildman–Crippen MR) is 75.3 cm³/mol. The Labute approximate surface area is 115 Å². The molecule has 0 atom stereocenters. The number of hydrogen-bond acceptors (Lipinski definition) is 1. The summed E-state index contributed by atoms with van der Waals surface area (Å²) in [5, 5.41) is 1.31. The molecular formula is C14H10Cl2N2. The molecule has 0 spiro atoms. The first-order valence-electron chi connectivity index (χ1n) is 5.57. The van der Waals surface area contributed by atoms with Gasteiger partial charge in [0.15, 0.2) is 0 Å². The Morgan fingerprint density at radius 1 is 1.00 bits per heavy atom. The highest BCUT2D eigenvalue weighted by Crippen LogP contribution is 2.21. The van der Waals surface area contributed by atoms with E-state index in [9.17, 15) is 0 Å². The number of fused-ring (bicyclic) bond motifs is 1. The van der Waals surface area contributed by atoms with Crippen LogP contribution >= 0.6 is 23.2 Å². The highest BCUT2D eigenvalue weighted by molar-refractivity contribution is 6.34. The molecular weight excluding hydrogens is 267 g/mol. The van der Waals surface area contributed by atoms with E-state index in [1.807, 2.05) is 36.7 Å². The van der Waals surface area contributed by atoms with Gasteiger partial charge in [-0.25, -0.2) is 4.98 Å². The minimum absolute atomic E-state index is 0.655. The average molecular weight is 277 g/mol. The van der Waals surface area contributed by atoms with Gasteiger partial charge in [0.25, 0.3) is 0 Å². The Hall–Kier alpha value is -1.51. The third-order valence-electron chi connectivity index (χ3n) is 2.80. The maximum atomic E-state index is 6.00. The molecule has 0 saturated carbocycles. The Balaban J connectivity index is 2.01. The highest BCUT2D eigenvalue weighted by Gasteiger charge is 2.04. The summed E-state index contributed by atoms with van der Waals surface area (Å²) in [7, 11) is 0. The molecule has 0 radical (unpaired) electrons. The summed E-state index contributed by atoms with van der Waals surface area (Å²) >= 11 is 12.0. The van der Waals surface area contributed by atoms with Crippen molar-refractivity contribution < 1.29 is 0 Å². The smallest absolute Gasteiger partial charge is 0.0961 e. The second-order valence-electron chi connectivity index (χ2n) is 4.14. The maximum Gasteiger partial charge on any atom is 0.0961 e. The van der Waals surface area contributed by atoms with Gasteiger partial charge in [-0.15, -0.1) is 0 Å². The fourth-order valence-corrected chi connectivity index (χ4v) is 2.61. The van der Waals surface area contributed by atoms with Crippen molar-refractivity contribution in [2.75, 3.05) is 0 Å². The van der Waals surface area contributed by atoms with Gasteiger partial charge in [-0.1, -0.05) is 35.3 Å². The predicted octanol–water partition coefficient (Wildman–Crippen LogP) is 4.39. The molecule has 4 heteroatoms. The zero-order valence-electron chi connectivity index (χ0n) is 9.48.